The summed E-state index contributed by atoms with van der Waals surface area (Å²) in [6.45, 7) is 0.101. The zero-order valence-corrected chi connectivity index (χ0v) is 13.5. The Morgan fingerprint density at radius 2 is 1.91 bits per heavy atom. The molecule has 2 rings (SSSR count). The van der Waals surface area contributed by atoms with E-state index in [0.717, 1.165) is 0 Å². The van der Waals surface area contributed by atoms with Crippen LogP contribution in [0.15, 0.2) is 48.5 Å². The third kappa shape index (κ3) is 4.07. The van der Waals surface area contributed by atoms with E-state index in [2.05, 4.69) is 0 Å². The van der Waals surface area contributed by atoms with Gasteiger partial charge >= 0.3 is 5.69 Å². The number of ether oxygens (including phenoxy) is 1. The minimum Gasteiger partial charge on any atom is -0.486 e. The first-order valence-corrected chi connectivity index (χ1v) is 8.37. The first kappa shape index (κ1) is 17.4. The normalized spacial score (nSPS) is 13.3. The van der Waals surface area contributed by atoms with Crippen molar-refractivity contribution >= 4 is 28.4 Å². The lowest BCUT2D eigenvalue weighted by molar-refractivity contribution is -0.386. The molecule has 0 aliphatic rings. The van der Waals surface area contributed by atoms with Gasteiger partial charge in [0.2, 0.25) is 0 Å². The lowest BCUT2D eigenvalue weighted by atomic mass is 10.0. The summed E-state index contributed by atoms with van der Waals surface area (Å²) in [6.07, 6.45) is 0. The molecule has 0 saturated heterocycles. The minimum absolute atomic E-state index is 0.0273. The summed E-state index contributed by atoms with van der Waals surface area (Å²) in [4.78, 5) is 10.9. The lowest BCUT2D eigenvalue weighted by Crippen LogP contribution is -2.11. The van der Waals surface area contributed by atoms with Crippen molar-refractivity contribution in [1.29, 1.82) is 0 Å². The van der Waals surface area contributed by atoms with Crippen LogP contribution in [0.5, 0.6) is 5.75 Å². The number of nitrogens with zero attached hydrogens (tertiary/aromatic N) is 1. The number of hydrogen-bond donors (Lipinski definition) is 1. The molecule has 2 aromatic carbocycles. The van der Waals surface area contributed by atoms with Gasteiger partial charge in [-0.15, -0.1) is 11.6 Å². The highest BCUT2D eigenvalue weighted by molar-refractivity contribution is 7.79. The Bertz CT molecular complexity index is 710. The molecule has 122 valence electrons. The van der Waals surface area contributed by atoms with E-state index in [1.807, 2.05) is 0 Å². The molecule has 1 N–H and O–H groups in total. The molecule has 2 atom stereocenters. The van der Waals surface area contributed by atoms with Gasteiger partial charge in [0.05, 0.1) is 16.4 Å². The third-order valence-corrected chi connectivity index (χ3v) is 4.22. The molecule has 6 nitrogen and oxygen atoms in total. The summed E-state index contributed by atoms with van der Waals surface area (Å²) < 4.78 is 26.8. The Morgan fingerprint density at radius 1 is 1.22 bits per heavy atom. The Hall–Kier alpha value is -1.96. The molecule has 0 saturated carbocycles. The van der Waals surface area contributed by atoms with Gasteiger partial charge < -0.3 is 9.29 Å². The van der Waals surface area contributed by atoms with Crippen molar-refractivity contribution in [2.24, 2.45) is 0 Å². The summed E-state index contributed by atoms with van der Waals surface area (Å²) in [6, 6.07) is 12.9. The van der Waals surface area contributed by atoms with E-state index in [4.69, 9.17) is 16.3 Å². The second-order valence-corrected chi connectivity index (χ2v) is 5.96. The molecule has 0 spiro atoms. The highest BCUT2D eigenvalue weighted by atomic mass is 35.5. The number of nitro groups is 1. The van der Waals surface area contributed by atoms with Crippen molar-refractivity contribution in [2.75, 3.05) is 12.5 Å². The molecular weight excluding hydrogens is 342 g/mol. The molecule has 0 fully saturated rings. The predicted octanol–water partition coefficient (Wildman–Crippen LogP) is 3.52. The fourth-order valence-electron chi connectivity index (χ4n) is 2.24. The maximum atomic E-state index is 11.8. The summed E-state index contributed by atoms with van der Waals surface area (Å²) >= 11 is 3.22. The van der Waals surface area contributed by atoms with Crippen LogP contribution in [0, 0.1) is 10.1 Å². The number of rotatable bonds is 7. The van der Waals surface area contributed by atoms with Gasteiger partial charge in [0.25, 0.3) is 0 Å². The van der Waals surface area contributed by atoms with Crippen LogP contribution in [0.1, 0.15) is 16.4 Å². The topological polar surface area (TPSA) is 89.7 Å². The molecule has 2 unspecified atom stereocenters. The fraction of sp³-hybridized carbons (Fsp3) is 0.200. The van der Waals surface area contributed by atoms with Crippen LogP contribution in [0.3, 0.4) is 0 Å². The van der Waals surface area contributed by atoms with Crippen LogP contribution >= 0.6 is 11.6 Å². The van der Waals surface area contributed by atoms with Crippen molar-refractivity contribution in [3.63, 3.8) is 0 Å². The highest BCUT2D eigenvalue weighted by Gasteiger charge is 2.31. The number of halogens is 1. The number of benzene rings is 2. The molecule has 0 aromatic heterocycles. The maximum absolute atomic E-state index is 11.8. The van der Waals surface area contributed by atoms with Gasteiger partial charge in [0.1, 0.15) is 11.9 Å². The van der Waals surface area contributed by atoms with Crippen LogP contribution < -0.4 is 4.74 Å². The third-order valence-electron chi connectivity index (χ3n) is 3.13. The van der Waals surface area contributed by atoms with Crippen molar-refractivity contribution in [3.05, 3.63) is 69.8 Å². The zero-order valence-electron chi connectivity index (χ0n) is 11.9. The molecular formula is C15H14ClNO5S. The van der Waals surface area contributed by atoms with Gasteiger partial charge in [0, 0.05) is 0 Å². The van der Waals surface area contributed by atoms with Crippen LogP contribution in [0.4, 0.5) is 5.69 Å². The van der Waals surface area contributed by atoms with Crippen LogP contribution in [0.2, 0.25) is 0 Å². The second kappa shape index (κ2) is 8.05. The second-order valence-electron chi connectivity index (χ2n) is 4.56. The van der Waals surface area contributed by atoms with Crippen molar-refractivity contribution in [2.45, 2.75) is 5.25 Å². The first-order valence-electron chi connectivity index (χ1n) is 6.67. The molecule has 0 aliphatic carbocycles. The quantitative estimate of drug-likeness (QED) is 0.355. The van der Waals surface area contributed by atoms with Gasteiger partial charge in [-0.3, -0.25) is 10.1 Å². The van der Waals surface area contributed by atoms with E-state index < -0.39 is 21.3 Å². The van der Waals surface area contributed by atoms with E-state index >= 15 is 0 Å². The largest absolute Gasteiger partial charge is 0.486 e. The lowest BCUT2D eigenvalue weighted by Gasteiger charge is -2.16. The van der Waals surface area contributed by atoms with Crippen LogP contribution in [-0.2, 0) is 11.1 Å². The minimum atomic E-state index is -2.33. The Labute approximate surface area is 140 Å². The van der Waals surface area contributed by atoms with Gasteiger partial charge in [0.15, 0.2) is 16.8 Å². The number of nitro benzene ring substituents is 1. The number of hydrogen-bond acceptors (Lipinski definition) is 4. The smallest absolute Gasteiger partial charge is 0.315 e. The van der Waals surface area contributed by atoms with Crippen LogP contribution in [-0.4, -0.2) is 26.2 Å². The van der Waals surface area contributed by atoms with Gasteiger partial charge in [-0.05, 0) is 11.6 Å². The summed E-state index contributed by atoms with van der Waals surface area (Å²) in [7, 11) is 0. The molecule has 8 heteroatoms. The van der Waals surface area contributed by atoms with Gasteiger partial charge in [-0.1, -0.05) is 42.5 Å². The van der Waals surface area contributed by atoms with Crippen molar-refractivity contribution in [1.82, 2.24) is 0 Å². The summed E-state index contributed by atoms with van der Waals surface area (Å²) in [5.74, 6) is 0.203. The zero-order chi connectivity index (χ0) is 16.8. The van der Waals surface area contributed by atoms with Crippen molar-refractivity contribution < 1.29 is 18.4 Å². The first-order chi connectivity index (χ1) is 11.1. The molecule has 0 radical (unpaired) electrons. The Kier molecular flexibility index (Phi) is 6.09. The predicted molar refractivity (Wildman–Crippen MR) is 88.4 cm³/mol. The van der Waals surface area contributed by atoms with Crippen LogP contribution in [0.25, 0.3) is 0 Å². The molecule has 2 aromatic rings. The van der Waals surface area contributed by atoms with E-state index in [1.165, 1.54) is 12.1 Å². The summed E-state index contributed by atoms with van der Waals surface area (Å²) in [5, 5.41) is 10.4. The number of para-hydroxylation sites is 1. The molecule has 23 heavy (non-hydrogen) atoms. The molecule has 0 heterocycles. The SMILES string of the molecule is O=[N+]([O-])c1c(OCCCl)cccc1C(c1ccccc1)S(=O)O. The summed E-state index contributed by atoms with van der Waals surface area (Å²) in [5.41, 5.74) is 0.300. The van der Waals surface area contributed by atoms with Crippen molar-refractivity contribution in [3.8, 4) is 5.75 Å². The van der Waals surface area contributed by atoms with E-state index in [-0.39, 0.29) is 29.5 Å². The van der Waals surface area contributed by atoms with Gasteiger partial charge in [-0.25, -0.2) is 4.21 Å². The van der Waals surface area contributed by atoms with Gasteiger partial charge in [-0.2, -0.15) is 0 Å². The Balaban J connectivity index is 2.59. The van der Waals surface area contributed by atoms with E-state index in [9.17, 15) is 18.9 Å². The fourth-order valence-corrected chi connectivity index (χ4v) is 3.12. The molecule has 0 aliphatic heterocycles. The maximum Gasteiger partial charge on any atom is 0.315 e. The number of alkyl halides is 1. The monoisotopic (exact) mass is 355 g/mol. The highest BCUT2D eigenvalue weighted by Crippen LogP contribution is 2.39. The molecule has 0 bridgehead atoms. The average molecular weight is 356 g/mol. The Morgan fingerprint density at radius 3 is 2.48 bits per heavy atom. The standard InChI is InChI=1S/C15H14ClNO5S/c16-9-10-22-13-8-4-7-12(14(13)17(18)19)15(23(20)21)11-5-2-1-3-6-11/h1-8,15H,9-10H2,(H,20,21). The average Bonchev–Trinajstić information content (AvgIpc) is 2.53. The van der Waals surface area contributed by atoms with E-state index in [1.54, 1.807) is 36.4 Å². The molecule has 0 amide bonds. The van der Waals surface area contributed by atoms with E-state index in [0.29, 0.717) is 5.56 Å².